The molecule has 1 saturated heterocycles. The predicted octanol–water partition coefficient (Wildman–Crippen LogP) is 4.94. The average Bonchev–Trinajstić information content (AvgIpc) is 2.81. The number of anilines is 4. The normalized spacial score (nSPS) is 13.4. The topological polar surface area (TPSA) is 81.0 Å². The second-order valence-electron chi connectivity index (χ2n) is 7.33. The summed E-state index contributed by atoms with van der Waals surface area (Å²) in [4.78, 5) is 19.2. The molecule has 2 heterocycles. The van der Waals surface area contributed by atoms with Gasteiger partial charge in [0.2, 0.25) is 0 Å². The second kappa shape index (κ2) is 9.10. The van der Waals surface area contributed by atoms with Crippen LogP contribution in [-0.4, -0.2) is 24.0 Å². The molecule has 6 nitrogen and oxygen atoms in total. The van der Waals surface area contributed by atoms with E-state index in [1.54, 1.807) is 30.6 Å². The van der Waals surface area contributed by atoms with Gasteiger partial charge in [0, 0.05) is 36.3 Å². The molecule has 0 radical (unpaired) electrons. The summed E-state index contributed by atoms with van der Waals surface area (Å²) in [5.41, 5.74) is 4.54. The number of pyridine rings is 1. The van der Waals surface area contributed by atoms with E-state index >= 15 is 0 Å². The highest BCUT2D eigenvalue weighted by Gasteiger charge is 2.12. The number of amides is 1. The Morgan fingerprint density at radius 3 is 2.30 bits per heavy atom. The van der Waals surface area contributed by atoms with Gasteiger partial charge in [-0.25, -0.2) is 0 Å². The van der Waals surface area contributed by atoms with Crippen LogP contribution in [0.3, 0.4) is 0 Å². The van der Waals surface area contributed by atoms with Crippen LogP contribution in [0.1, 0.15) is 35.2 Å². The number of carbonyl (C=O) groups excluding carboxylic acids is 1. The van der Waals surface area contributed by atoms with E-state index in [1.807, 2.05) is 24.3 Å². The number of nitrogens with one attached hydrogen (secondary N) is 2. The third-order valence-electron chi connectivity index (χ3n) is 5.15. The summed E-state index contributed by atoms with van der Waals surface area (Å²) in [6.45, 7) is 2.19. The first-order valence-corrected chi connectivity index (χ1v) is 10.1. The zero-order chi connectivity index (χ0) is 20.8. The molecule has 2 N–H and O–H groups in total. The van der Waals surface area contributed by atoms with Gasteiger partial charge in [0.05, 0.1) is 29.1 Å². The third kappa shape index (κ3) is 4.76. The molecule has 1 amide bonds. The monoisotopic (exact) mass is 397 g/mol. The molecule has 0 atom stereocenters. The number of piperidine rings is 1. The van der Waals surface area contributed by atoms with Crippen molar-refractivity contribution in [1.82, 2.24) is 4.98 Å². The number of rotatable bonds is 5. The van der Waals surface area contributed by atoms with Gasteiger partial charge in [0.25, 0.3) is 5.91 Å². The number of hydrogen-bond donors (Lipinski definition) is 2. The fourth-order valence-electron chi connectivity index (χ4n) is 3.54. The maximum absolute atomic E-state index is 12.7. The van der Waals surface area contributed by atoms with E-state index in [1.165, 1.54) is 24.9 Å². The number of hydrogen-bond acceptors (Lipinski definition) is 5. The van der Waals surface area contributed by atoms with Gasteiger partial charge in [-0.3, -0.25) is 9.78 Å². The van der Waals surface area contributed by atoms with Crippen molar-refractivity contribution in [3.05, 3.63) is 78.1 Å². The predicted molar refractivity (Wildman–Crippen MR) is 119 cm³/mol. The lowest BCUT2D eigenvalue weighted by atomic mass is 10.1. The van der Waals surface area contributed by atoms with Gasteiger partial charge >= 0.3 is 0 Å². The summed E-state index contributed by atoms with van der Waals surface area (Å²) in [6.07, 6.45) is 6.97. The van der Waals surface area contributed by atoms with E-state index in [2.05, 4.69) is 38.7 Å². The number of nitrogens with zero attached hydrogens (tertiary/aromatic N) is 3. The van der Waals surface area contributed by atoms with Crippen LogP contribution >= 0.6 is 0 Å². The van der Waals surface area contributed by atoms with Crippen LogP contribution < -0.4 is 15.5 Å². The lowest BCUT2D eigenvalue weighted by molar-refractivity contribution is 0.102. The van der Waals surface area contributed by atoms with Crippen LogP contribution in [0.15, 0.2) is 67.0 Å². The SMILES string of the molecule is N#Cc1ccc(Nc2cncc(C(=O)Nc3ccc(N4CCCCC4)cc3)c2)cc1. The molecule has 6 heteroatoms. The first-order valence-electron chi connectivity index (χ1n) is 10.1. The highest BCUT2D eigenvalue weighted by Crippen LogP contribution is 2.22. The van der Waals surface area contributed by atoms with Gasteiger partial charge in [0.1, 0.15) is 0 Å². The summed E-state index contributed by atoms with van der Waals surface area (Å²) >= 11 is 0. The fraction of sp³-hybridized carbons (Fsp3) is 0.208. The molecule has 1 fully saturated rings. The van der Waals surface area contributed by atoms with Crippen LogP contribution in [0.4, 0.5) is 22.7 Å². The van der Waals surface area contributed by atoms with Crippen molar-refractivity contribution in [2.24, 2.45) is 0 Å². The summed E-state index contributed by atoms with van der Waals surface area (Å²) < 4.78 is 0. The summed E-state index contributed by atoms with van der Waals surface area (Å²) in [7, 11) is 0. The van der Waals surface area contributed by atoms with Crippen molar-refractivity contribution in [2.45, 2.75) is 19.3 Å². The molecule has 0 aliphatic carbocycles. The quantitative estimate of drug-likeness (QED) is 0.637. The first-order chi connectivity index (χ1) is 14.7. The van der Waals surface area contributed by atoms with Gasteiger partial charge in [-0.2, -0.15) is 5.26 Å². The number of nitriles is 1. The van der Waals surface area contributed by atoms with E-state index in [9.17, 15) is 4.79 Å². The number of aromatic nitrogens is 1. The van der Waals surface area contributed by atoms with Crippen molar-refractivity contribution >= 4 is 28.7 Å². The molecule has 1 aliphatic rings. The zero-order valence-corrected chi connectivity index (χ0v) is 16.6. The Morgan fingerprint density at radius 1 is 0.900 bits per heavy atom. The Labute approximate surface area is 176 Å². The standard InChI is InChI=1S/C24H23N5O/c25-15-18-4-6-20(7-5-18)27-22-14-19(16-26-17-22)24(30)28-21-8-10-23(11-9-21)29-12-2-1-3-13-29/h4-11,14,16-17,27H,1-3,12-13H2,(H,28,30). The lowest BCUT2D eigenvalue weighted by Crippen LogP contribution is -2.29. The van der Waals surface area contributed by atoms with Gasteiger partial charge in [0.15, 0.2) is 0 Å². The van der Waals surface area contributed by atoms with Crippen molar-refractivity contribution in [3.8, 4) is 6.07 Å². The highest BCUT2D eigenvalue weighted by atomic mass is 16.1. The first kappa shape index (κ1) is 19.5. The minimum atomic E-state index is -0.211. The molecule has 30 heavy (non-hydrogen) atoms. The Bertz CT molecular complexity index is 1050. The summed E-state index contributed by atoms with van der Waals surface area (Å²) in [5.74, 6) is -0.211. The highest BCUT2D eigenvalue weighted by molar-refractivity contribution is 6.04. The van der Waals surface area contributed by atoms with E-state index in [0.717, 1.165) is 24.5 Å². The average molecular weight is 397 g/mol. The number of benzene rings is 2. The molecule has 0 unspecified atom stereocenters. The lowest BCUT2D eigenvalue weighted by Gasteiger charge is -2.28. The van der Waals surface area contributed by atoms with Crippen molar-refractivity contribution in [3.63, 3.8) is 0 Å². The molecule has 4 rings (SSSR count). The molecule has 0 spiro atoms. The molecule has 0 bridgehead atoms. The minimum Gasteiger partial charge on any atom is -0.372 e. The molecular formula is C24H23N5O. The molecule has 150 valence electrons. The molecule has 1 aromatic heterocycles. The van der Waals surface area contributed by atoms with Crippen LogP contribution in [0, 0.1) is 11.3 Å². The van der Waals surface area contributed by atoms with Gasteiger partial charge in [-0.05, 0) is 73.9 Å². The largest absolute Gasteiger partial charge is 0.372 e. The summed E-state index contributed by atoms with van der Waals surface area (Å²) in [5, 5.41) is 15.0. The van der Waals surface area contributed by atoms with Gasteiger partial charge < -0.3 is 15.5 Å². The maximum atomic E-state index is 12.7. The van der Waals surface area contributed by atoms with Crippen LogP contribution in [0.25, 0.3) is 0 Å². The Hall–Kier alpha value is -3.85. The van der Waals surface area contributed by atoms with Crippen LogP contribution in [-0.2, 0) is 0 Å². The smallest absolute Gasteiger partial charge is 0.257 e. The van der Waals surface area contributed by atoms with E-state index < -0.39 is 0 Å². The van der Waals surface area contributed by atoms with Crippen molar-refractivity contribution < 1.29 is 4.79 Å². The third-order valence-corrected chi connectivity index (χ3v) is 5.15. The molecule has 0 saturated carbocycles. The van der Waals surface area contributed by atoms with E-state index in [-0.39, 0.29) is 5.91 Å². The Morgan fingerprint density at radius 2 is 1.60 bits per heavy atom. The zero-order valence-electron chi connectivity index (χ0n) is 16.6. The van der Waals surface area contributed by atoms with Gasteiger partial charge in [-0.1, -0.05) is 0 Å². The van der Waals surface area contributed by atoms with Gasteiger partial charge in [-0.15, -0.1) is 0 Å². The number of carbonyl (C=O) groups is 1. The van der Waals surface area contributed by atoms with Crippen LogP contribution in [0.5, 0.6) is 0 Å². The molecular weight excluding hydrogens is 374 g/mol. The Balaban J connectivity index is 1.40. The second-order valence-corrected chi connectivity index (χ2v) is 7.33. The molecule has 3 aromatic rings. The fourth-order valence-corrected chi connectivity index (χ4v) is 3.54. The molecule has 2 aromatic carbocycles. The van der Waals surface area contributed by atoms with Crippen molar-refractivity contribution in [1.29, 1.82) is 5.26 Å². The molecule has 1 aliphatic heterocycles. The maximum Gasteiger partial charge on any atom is 0.257 e. The minimum absolute atomic E-state index is 0.211. The van der Waals surface area contributed by atoms with E-state index in [0.29, 0.717) is 16.8 Å². The van der Waals surface area contributed by atoms with Crippen molar-refractivity contribution in [2.75, 3.05) is 28.6 Å². The Kier molecular flexibility index (Phi) is 5.90. The van der Waals surface area contributed by atoms with E-state index in [4.69, 9.17) is 5.26 Å². The van der Waals surface area contributed by atoms with Crippen LogP contribution in [0.2, 0.25) is 0 Å². The summed E-state index contributed by atoms with van der Waals surface area (Å²) in [6, 6.07) is 18.9.